The fourth-order valence-electron chi connectivity index (χ4n) is 2.83. The normalized spacial score (nSPS) is 10.5. The maximum absolute atomic E-state index is 12.4. The second-order valence-electron chi connectivity index (χ2n) is 6.44. The summed E-state index contributed by atoms with van der Waals surface area (Å²) in [5.74, 6) is 0.863. The largest absolute Gasteiger partial charge is 0.492 e. The van der Waals surface area contributed by atoms with Crippen molar-refractivity contribution >= 4 is 21.9 Å². The van der Waals surface area contributed by atoms with E-state index in [1.807, 2.05) is 50.2 Å². The number of hydrogen-bond donors (Lipinski definition) is 0. The summed E-state index contributed by atoms with van der Waals surface area (Å²) in [4.78, 5) is 12.4. The number of ether oxygens (including phenoxy) is 2. The maximum Gasteiger partial charge on any atom is 0.343 e. The molecule has 3 aromatic rings. The van der Waals surface area contributed by atoms with Crippen molar-refractivity contribution in [3.05, 3.63) is 93.5 Å². The zero-order chi connectivity index (χ0) is 19.2. The molecule has 0 N–H and O–H groups in total. The molecule has 4 heteroatoms. The summed E-state index contributed by atoms with van der Waals surface area (Å²) < 4.78 is 12.0. The highest BCUT2D eigenvalue weighted by Crippen LogP contribution is 2.27. The molecule has 0 unspecified atom stereocenters. The molecule has 0 aromatic heterocycles. The highest BCUT2D eigenvalue weighted by Gasteiger charge is 2.12. The van der Waals surface area contributed by atoms with E-state index in [1.54, 1.807) is 18.2 Å². The van der Waals surface area contributed by atoms with E-state index in [9.17, 15) is 4.79 Å². The Balaban J connectivity index is 1.62. The highest BCUT2D eigenvalue weighted by molar-refractivity contribution is 9.10. The van der Waals surface area contributed by atoms with Crippen LogP contribution in [0.5, 0.6) is 11.5 Å². The average Bonchev–Trinajstić information content (AvgIpc) is 2.63. The molecule has 138 valence electrons. The standard InChI is InChI=1S/C23H21BrO3/c1-16-12-17(2)14-20(13-16)27-23(25)19-8-9-22(21(24)15-19)26-11-10-18-6-4-3-5-7-18/h3-9,12-15H,10-11H2,1-2H3. The Morgan fingerprint density at radius 1 is 0.926 bits per heavy atom. The van der Waals surface area contributed by atoms with Crippen molar-refractivity contribution in [1.29, 1.82) is 0 Å². The van der Waals surface area contributed by atoms with E-state index >= 15 is 0 Å². The van der Waals surface area contributed by atoms with Gasteiger partial charge in [-0.15, -0.1) is 0 Å². The molecule has 0 atom stereocenters. The summed E-state index contributed by atoms with van der Waals surface area (Å²) in [6, 6.07) is 21.1. The number of carbonyl (C=O) groups excluding carboxylic acids is 1. The molecule has 3 nitrogen and oxygen atoms in total. The van der Waals surface area contributed by atoms with Crippen LogP contribution in [0.15, 0.2) is 71.2 Å². The first-order valence-corrected chi connectivity index (χ1v) is 9.57. The smallest absolute Gasteiger partial charge is 0.343 e. The molecule has 3 rings (SSSR count). The zero-order valence-electron chi connectivity index (χ0n) is 15.4. The Bertz CT molecular complexity index is 915. The Morgan fingerprint density at radius 3 is 2.30 bits per heavy atom. The summed E-state index contributed by atoms with van der Waals surface area (Å²) in [6.45, 7) is 4.51. The van der Waals surface area contributed by atoms with E-state index in [0.717, 1.165) is 22.0 Å². The molecule has 0 amide bonds. The van der Waals surface area contributed by atoms with Gasteiger partial charge in [-0.25, -0.2) is 4.79 Å². The van der Waals surface area contributed by atoms with Crippen LogP contribution in [0.25, 0.3) is 0 Å². The zero-order valence-corrected chi connectivity index (χ0v) is 17.0. The van der Waals surface area contributed by atoms with Gasteiger partial charge in [0, 0.05) is 6.42 Å². The van der Waals surface area contributed by atoms with Gasteiger partial charge in [0.1, 0.15) is 11.5 Å². The van der Waals surface area contributed by atoms with Gasteiger partial charge in [0.15, 0.2) is 0 Å². The quantitative estimate of drug-likeness (QED) is 0.364. The molecule has 0 spiro atoms. The molecule has 3 aromatic carbocycles. The lowest BCUT2D eigenvalue weighted by molar-refractivity contribution is 0.0734. The number of esters is 1. The first-order valence-electron chi connectivity index (χ1n) is 8.78. The number of carbonyl (C=O) groups is 1. The average molecular weight is 425 g/mol. The molecule has 0 aliphatic heterocycles. The van der Waals surface area contributed by atoms with Gasteiger partial charge in [-0.05, 0) is 76.8 Å². The summed E-state index contributed by atoms with van der Waals surface area (Å²) in [5.41, 5.74) is 3.81. The monoisotopic (exact) mass is 424 g/mol. The van der Waals surface area contributed by atoms with E-state index in [2.05, 4.69) is 28.1 Å². The molecule has 0 heterocycles. The topological polar surface area (TPSA) is 35.5 Å². The van der Waals surface area contributed by atoms with Crippen LogP contribution < -0.4 is 9.47 Å². The van der Waals surface area contributed by atoms with Crippen LogP contribution in [0.2, 0.25) is 0 Å². The lowest BCUT2D eigenvalue weighted by Gasteiger charge is -2.10. The predicted octanol–water partition coefficient (Wildman–Crippen LogP) is 5.91. The van der Waals surface area contributed by atoms with E-state index in [0.29, 0.717) is 23.7 Å². The lowest BCUT2D eigenvalue weighted by Crippen LogP contribution is -2.09. The van der Waals surface area contributed by atoms with Crippen LogP contribution in [-0.4, -0.2) is 12.6 Å². The molecule has 27 heavy (non-hydrogen) atoms. The first kappa shape index (κ1) is 19.2. The van der Waals surface area contributed by atoms with Crippen molar-refractivity contribution in [1.82, 2.24) is 0 Å². The van der Waals surface area contributed by atoms with Gasteiger partial charge in [-0.3, -0.25) is 0 Å². The number of halogens is 1. The summed E-state index contributed by atoms with van der Waals surface area (Å²) in [5, 5.41) is 0. The van der Waals surface area contributed by atoms with Crippen molar-refractivity contribution < 1.29 is 14.3 Å². The van der Waals surface area contributed by atoms with Crippen LogP contribution in [0.3, 0.4) is 0 Å². The fourth-order valence-corrected chi connectivity index (χ4v) is 3.32. The summed E-state index contributed by atoms with van der Waals surface area (Å²) in [6.07, 6.45) is 0.823. The van der Waals surface area contributed by atoms with Crippen LogP contribution in [0, 0.1) is 13.8 Å². The van der Waals surface area contributed by atoms with Crippen LogP contribution in [0.4, 0.5) is 0 Å². The van der Waals surface area contributed by atoms with Crippen LogP contribution in [0.1, 0.15) is 27.0 Å². The Morgan fingerprint density at radius 2 is 1.63 bits per heavy atom. The van der Waals surface area contributed by atoms with E-state index in [4.69, 9.17) is 9.47 Å². The number of hydrogen-bond acceptors (Lipinski definition) is 3. The Hall–Kier alpha value is -2.59. The van der Waals surface area contributed by atoms with Crippen molar-refractivity contribution in [3.8, 4) is 11.5 Å². The highest BCUT2D eigenvalue weighted by atomic mass is 79.9. The Kier molecular flexibility index (Phi) is 6.30. The second-order valence-corrected chi connectivity index (χ2v) is 7.30. The first-order chi connectivity index (χ1) is 13.0. The van der Waals surface area contributed by atoms with Crippen LogP contribution in [-0.2, 0) is 6.42 Å². The van der Waals surface area contributed by atoms with E-state index in [-0.39, 0.29) is 0 Å². The van der Waals surface area contributed by atoms with Crippen LogP contribution >= 0.6 is 15.9 Å². The molecule has 0 fully saturated rings. The van der Waals surface area contributed by atoms with E-state index < -0.39 is 5.97 Å². The third-order valence-electron chi connectivity index (χ3n) is 4.06. The molecular weight excluding hydrogens is 404 g/mol. The summed E-state index contributed by atoms with van der Waals surface area (Å²) in [7, 11) is 0. The molecule has 0 radical (unpaired) electrons. The van der Waals surface area contributed by atoms with Gasteiger partial charge in [0.2, 0.25) is 0 Å². The van der Waals surface area contributed by atoms with Crippen molar-refractivity contribution in [2.75, 3.05) is 6.61 Å². The molecule has 0 bridgehead atoms. The fraction of sp³-hybridized carbons (Fsp3) is 0.174. The van der Waals surface area contributed by atoms with Gasteiger partial charge in [-0.2, -0.15) is 0 Å². The number of benzene rings is 3. The minimum absolute atomic E-state index is 0.392. The molecule has 0 saturated carbocycles. The molecule has 0 aliphatic carbocycles. The van der Waals surface area contributed by atoms with Crippen molar-refractivity contribution in [3.63, 3.8) is 0 Å². The molecular formula is C23H21BrO3. The molecule has 0 saturated heterocycles. The van der Waals surface area contributed by atoms with Gasteiger partial charge in [-0.1, -0.05) is 36.4 Å². The maximum atomic E-state index is 12.4. The minimum Gasteiger partial charge on any atom is -0.492 e. The summed E-state index contributed by atoms with van der Waals surface area (Å²) >= 11 is 3.48. The van der Waals surface area contributed by atoms with Crippen molar-refractivity contribution in [2.45, 2.75) is 20.3 Å². The third kappa shape index (κ3) is 5.44. The molecule has 0 aliphatic rings. The number of rotatable bonds is 6. The van der Waals surface area contributed by atoms with Gasteiger partial charge in [0.25, 0.3) is 0 Å². The minimum atomic E-state index is -0.392. The predicted molar refractivity (Wildman–Crippen MR) is 111 cm³/mol. The second kappa shape index (κ2) is 8.87. The Labute approximate surface area is 168 Å². The lowest BCUT2D eigenvalue weighted by atomic mass is 10.1. The van der Waals surface area contributed by atoms with Gasteiger partial charge >= 0.3 is 5.97 Å². The number of aryl methyl sites for hydroxylation is 2. The van der Waals surface area contributed by atoms with Crippen molar-refractivity contribution in [2.24, 2.45) is 0 Å². The van der Waals surface area contributed by atoms with Gasteiger partial charge < -0.3 is 9.47 Å². The van der Waals surface area contributed by atoms with E-state index in [1.165, 1.54) is 5.56 Å². The van der Waals surface area contributed by atoms with Gasteiger partial charge in [0.05, 0.1) is 16.6 Å². The third-order valence-corrected chi connectivity index (χ3v) is 4.68. The SMILES string of the molecule is Cc1cc(C)cc(OC(=O)c2ccc(OCCc3ccccc3)c(Br)c2)c1.